The van der Waals surface area contributed by atoms with Crippen LogP contribution in [0.4, 0.5) is 0 Å². The number of rotatable bonds is 4. The Morgan fingerprint density at radius 1 is 1.29 bits per heavy atom. The summed E-state index contributed by atoms with van der Waals surface area (Å²) in [6.07, 6.45) is 3.34. The van der Waals surface area contributed by atoms with Gasteiger partial charge in [0.15, 0.2) is 0 Å². The average molecular weight is 300 g/mol. The van der Waals surface area contributed by atoms with E-state index in [0.717, 1.165) is 25.8 Å². The minimum Gasteiger partial charge on any atom is -0.305 e. The van der Waals surface area contributed by atoms with Gasteiger partial charge in [0.2, 0.25) is 0 Å². The van der Waals surface area contributed by atoms with Gasteiger partial charge < -0.3 is 5.32 Å². The first kappa shape index (κ1) is 14.7. The number of nitrogens with one attached hydrogen (secondary N) is 1. The zero-order chi connectivity index (χ0) is 14.9. The maximum Gasteiger partial charge on any atom is 0.113 e. The van der Waals surface area contributed by atoms with E-state index in [0.29, 0.717) is 5.92 Å². The summed E-state index contributed by atoms with van der Waals surface area (Å²) >= 11 is 1.82. The second-order valence-corrected chi connectivity index (χ2v) is 7.15. The van der Waals surface area contributed by atoms with Crippen LogP contribution in [0.3, 0.4) is 0 Å². The first-order chi connectivity index (χ1) is 10.1. The van der Waals surface area contributed by atoms with Crippen molar-refractivity contribution in [3.05, 3.63) is 51.5 Å². The Kier molecular flexibility index (Phi) is 4.14. The van der Waals surface area contributed by atoms with E-state index >= 15 is 0 Å². The fraction of sp³-hybridized carbons (Fsp3) is 0.500. The fourth-order valence-electron chi connectivity index (χ4n) is 3.25. The van der Waals surface area contributed by atoms with E-state index < -0.39 is 0 Å². The highest BCUT2D eigenvalue weighted by atomic mass is 32.1. The molecule has 1 aliphatic rings. The number of aryl methyl sites for hydroxylation is 1. The molecule has 1 aromatic carbocycles. The summed E-state index contributed by atoms with van der Waals surface area (Å²) in [6.45, 7) is 7.61. The molecule has 1 heterocycles. The molecule has 1 aliphatic carbocycles. The number of fused-ring (bicyclic) bond motifs is 1. The predicted octanol–water partition coefficient (Wildman–Crippen LogP) is 4.26. The Morgan fingerprint density at radius 3 is 2.71 bits per heavy atom. The van der Waals surface area contributed by atoms with Crippen LogP contribution in [0.25, 0.3) is 0 Å². The molecule has 1 atom stereocenters. The van der Waals surface area contributed by atoms with Crippen LogP contribution in [0, 0.1) is 0 Å². The highest BCUT2D eigenvalue weighted by molar-refractivity contribution is 7.09. The van der Waals surface area contributed by atoms with Crippen LogP contribution in [0.5, 0.6) is 0 Å². The van der Waals surface area contributed by atoms with Crippen LogP contribution in [0.2, 0.25) is 0 Å². The van der Waals surface area contributed by atoms with Crippen molar-refractivity contribution in [2.24, 2.45) is 0 Å². The topological polar surface area (TPSA) is 24.9 Å². The summed E-state index contributed by atoms with van der Waals surface area (Å²) in [5.41, 5.74) is 4.24. The van der Waals surface area contributed by atoms with Crippen LogP contribution < -0.4 is 5.32 Å². The zero-order valence-corrected chi connectivity index (χ0v) is 14.0. The van der Waals surface area contributed by atoms with Crippen molar-refractivity contribution < 1.29 is 0 Å². The lowest BCUT2D eigenvalue weighted by Gasteiger charge is -2.37. The number of likely N-dealkylation sites (N-methyl/N-ethyl adjacent to an activating group) is 1. The Labute approximate surface area is 131 Å². The van der Waals surface area contributed by atoms with Crippen molar-refractivity contribution in [2.45, 2.75) is 51.5 Å². The van der Waals surface area contributed by atoms with Crippen molar-refractivity contribution in [3.63, 3.8) is 0 Å². The summed E-state index contributed by atoms with van der Waals surface area (Å²) in [4.78, 5) is 4.95. The summed E-state index contributed by atoms with van der Waals surface area (Å²) in [5, 5.41) is 7.26. The van der Waals surface area contributed by atoms with Gasteiger partial charge in [-0.05, 0) is 42.9 Å². The molecule has 2 nitrogen and oxygen atoms in total. The highest BCUT2D eigenvalue weighted by Crippen LogP contribution is 2.38. The lowest BCUT2D eigenvalue weighted by molar-refractivity contribution is 0.296. The maximum atomic E-state index is 4.95. The number of hydrogen-bond acceptors (Lipinski definition) is 3. The third-order valence-corrected chi connectivity index (χ3v) is 5.53. The van der Waals surface area contributed by atoms with E-state index in [1.54, 1.807) is 0 Å². The third-order valence-electron chi connectivity index (χ3n) is 4.47. The molecule has 1 unspecified atom stereocenters. The maximum absolute atomic E-state index is 4.95. The Hall–Kier alpha value is -1.19. The minimum absolute atomic E-state index is 0.0287. The molecule has 1 N–H and O–H groups in total. The Balaban J connectivity index is 1.97. The molecule has 3 heteroatoms. The first-order valence-electron chi connectivity index (χ1n) is 7.92. The smallest absolute Gasteiger partial charge is 0.113 e. The van der Waals surface area contributed by atoms with E-state index in [9.17, 15) is 0 Å². The molecule has 112 valence electrons. The van der Waals surface area contributed by atoms with E-state index in [1.165, 1.54) is 21.8 Å². The van der Waals surface area contributed by atoms with Gasteiger partial charge in [0.1, 0.15) is 5.01 Å². The standard InChI is InChI=1S/C18H24N2S/c1-4-19-18(17-20-16(12-21-17)13(2)3)10-9-14-7-5-6-8-15(14)11-18/h5-8,12-13,19H,4,9-11H2,1-3H3. The summed E-state index contributed by atoms with van der Waals surface area (Å²) in [5.74, 6) is 0.504. The number of aromatic nitrogens is 1. The van der Waals surface area contributed by atoms with Crippen molar-refractivity contribution >= 4 is 11.3 Å². The number of hydrogen-bond donors (Lipinski definition) is 1. The molecule has 0 fully saturated rings. The van der Waals surface area contributed by atoms with Gasteiger partial charge in [-0.15, -0.1) is 11.3 Å². The van der Waals surface area contributed by atoms with Crippen LogP contribution >= 0.6 is 11.3 Å². The van der Waals surface area contributed by atoms with E-state index in [4.69, 9.17) is 4.98 Å². The van der Waals surface area contributed by atoms with Crippen LogP contribution in [-0.4, -0.2) is 11.5 Å². The second kappa shape index (κ2) is 5.90. The quantitative estimate of drug-likeness (QED) is 0.912. The highest BCUT2D eigenvalue weighted by Gasteiger charge is 2.37. The lowest BCUT2D eigenvalue weighted by atomic mass is 9.78. The molecule has 2 aromatic rings. The Morgan fingerprint density at radius 2 is 2.05 bits per heavy atom. The van der Waals surface area contributed by atoms with Crippen molar-refractivity contribution in [2.75, 3.05) is 6.54 Å². The fourth-order valence-corrected chi connectivity index (χ4v) is 4.44. The molecular formula is C18H24N2S. The molecule has 0 radical (unpaired) electrons. The summed E-state index contributed by atoms with van der Waals surface area (Å²) in [6, 6.07) is 8.85. The minimum atomic E-state index is 0.0287. The van der Waals surface area contributed by atoms with Crippen molar-refractivity contribution in [1.29, 1.82) is 0 Å². The summed E-state index contributed by atoms with van der Waals surface area (Å²) in [7, 11) is 0. The van der Waals surface area contributed by atoms with Gasteiger partial charge in [-0.2, -0.15) is 0 Å². The van der Waals surface area contributed by atoms with Crippen LogP contribution in [0.1, 0.15) is 54.9 Å². The van der Waals surface area contributed by atoms with Crippen LogP contribution in [0.15, 0.2) is 29.6 Å². The van der Waals surface area contributed by atoms with E-state index in [-0.39, 0.29) is 5.54 Å². The van der Waals surface area contributed by atoms with Gasteiger partial charge in [0.25, 0.3) is 0 Å². The Bertz CT molecular complexity index is 617. The van der Waals surface area contributed by atoms with E-state index in [1.807, 2.05) is 11.3 Å². The normalized spacial score (nSPS) is 21.5. The monoisotopic (exact) mass is 300 g/mol. The van der Waals surface area contributed by atoms with Crippen molar-refractivity contribution in [3.8, 4) is 0 Å². The van der Waals surface area contributed by atoms with Gasteiger partial charge in [-0.1, -0.05) is 45.0 Å². The van der Waals surface area contributed by atoms with Gasteiger partial charge in [-0.25, -0.2) is 4.98 Å². The number of thiazole rings is 1. The SMILES string of the molecule is CCNC1(c2nc(C(C)C)cs2)CCc2ccccc2C1. The van der Waals surface area contributed by atoms with Crippen molar-refractivity contribution in [1.82, 2.24) is 10.3 Å². The zero-order valence-electron chi connectivity index (χ0n) is 13.1. The molecule has 0 spiro atoms. The number of nitrogens with zero attached hydrogens (tertiary/aromatic N) is 1. The van der Waals surface area contributed by atoms with Gasteiger partial charge in [0.05, 0.1) is 11.2 Å². The predicted molar refractivity (Wildman–Crippen MR) is 90.0 cm³/mol. The molecule has 0 saturated heterocycles. The second-order valence-electron chi connectivity index (χ2n) is 6.29. The molecule has 21 heavy (non-hydrogen) atoms. The lowest BCUT2D eigenvalue weighted by Crippen LogP contribution is -2.46. The molecule has 0 bridgehead atoms. The average Bonchev–Trinajstić information content (AvgIpc) is 2.98. The largest absolute Gasteiger partial charge is 0.305 e. The van der Waals surface area contributed by atoms with Crippen LogP contribution in [-0.2, 0) is 18.4 Å². The molecule has 3 rings (SSSR count). The number of benzene rings is 1. The third kappa shape index (κ3) is 2.77. The van der Waals surface area contributed by atoms with Gasteiger partial charge >= 0.3 is 0 Å². The molecule has 0 amide bonds. The molecule has 1 aromatic heterocycles. The molecule has 0 saturated carbocycles. The first-order valence-corrected chi connectivity index (χ1v) is 8.80. The van der Waals surface area contributed by atoms with E-state index in [2.05, 4.69) is 55.7 Å². The molecular weight excluding hydrogens is 276 g/mol. The molecule has 0 aliphatic heterocycles. The van der Waals surface area contributed by atoms with Gasteiger partial charge in [-0.3, -0.25) is 0 Å². The van der Waals surface area contributed by atoms with Gasteiger partial charge in [0, 0.05) is 5.38 Å². The summed E-state index contributed by atoms with van der Waals surface area (Å²) < 4.78 is 0.